The first-order chi connectivity index (χ1) is 16.0. The molecule has 6 nitrogen and oxygen atoms in total. The smallest absolute Gasteiger partial charge is 0.259 e. The first kappa shape index (κ1) is 23.1. The predicted molar refractivity (Wildman–Crippen MR) is 134 cm³/mol. The van der Waals surface area contributed by atoms with E-state index < -0.39 is 0 Å². The van der Waals surface area contributed by atoms with E-state index in [0.717, 1.165) is 36.8 Å². The number of carbonyl (C=O) groups is 1. The molecule has 1 N–H and O–H groups in total. The first-order valence-corrected chi connectivity index (χ1v) is 11.8. The Morgan fingerprint density at radius 3 is 2.45 bits per heavy atom. The molecule has 1 aromatic heterocycles. The quantitative estimate of drug-likeness (QED) is 0.399. The van der Waals surface area contributed by atoms with Crippen LogP contribution in [-0.2, 0) is 12.8 Å². The van der Waals surface area contributed by atoms with Crippen LogP contribution in [0.5, 0.6) is 17.2 Å². The number of hydrogen-bond acceptors (Lipinski definition) is 6. The number of ether oxygens (including phenoxy) is 3. The minimum Gasteiger partial charge on any atom is -0.493 e. The lowest BCUT2D eigenvalue weighted by atomic mass is 9.95. The van der Waals surface area contributed by atoms with Crippen LogP contribution in [-0.4, -0.2) is 33.5 Å². The van der Waals surface area contributed by atoms with Crippen molar-refractivity contribution in [3.05, 3.63) is 63.0 Å². The molecule has 4 rings (SSSR count). The highest BCUT2D eigenvalue weighted by molar-refractivity contribution is 7.16. The van der Waals surface area contributed by atoms with Gasteiger partial charge in [-0.2, -0.15) is 0 Å². The van der Waals surface area contributed by atoms with Gasteiger partial charge in [0.1, 0.15) is 5.00 Å². The molecular formula is C25H25ClN2O4S. The average Bonchev–Trinajstić information content (AvgIpc) is 3.20. The summed E-state index contributed by atoms with van der Waals surface area (Å²) in [6, 6.07) is 10.8. The fourth-order valence-corrected chi connectivity index (χ4v) is 5.37. The molecule has 0 unspecified atom stereocenters. The van der Waals surface area contributed by atoms with Gasteiger partial charge in [0, 0.05) is 27.4 Å². The topological polar surface area (TPSA) is 69.2 Å². The summed E-state index contributed by atoms with van der Waals surface area (Å²) in [7, 11) is 4.71. The van der Waals surface area contributed by atoms with Gasteiger partial charge in [0.2, 0.25) is 5.75 Å². The monoisotopic (exact) mass is 484 g/mol. The van der Waals surface area contributed by atoms with E-state index in [-0.39, 0.29) is 5.91 Å². The number of benzene rings is 2. The third-order valence-corrected chi connectivity index (χ3v) is 6.92. The van der Waals surface area contributed by atoms with Crippen LogP contribution in [0.25, 0.3) is 0 Å². The number of methoxy groups -OCH3 is 3. The maximum absolute atomic E-state index is 13.3. The molecule has 0 fully saturated rings. The number of aliphatic imine (C=N–C) groups is 1. The average molecular weight is 485 g/mol. The van der Waals surface area contributed by atoms with Crippen molar-refractivity contribution in [1.82, 2.24) is 0 Å². The van der Waals surface area contributed by atoms with E-state index in [4.69, 9.17) is 30.8 Å². The molecule has 2 aromatic carbocycles. The Morgan fingerprint density at radius 1 is 1.06 bits per heavy atom. The molecule has 8 heteroatoms. The number of hydrogen-bond donors (Lipinski definition) is 1. The number of halogens is 1. The molecule has 1 aliphatic rings. The van der Waals surface area contributed by atoms with Crippen molar-refractivity contribution in [2.24, 2.45) is 4.99 Å². The van der Waals surface area contributed by atoms with Gasteiger partial charge in [0.15, 0.2) is 11.5 Å². The highest BCUT2D eigenvalue weighted by atomic mass is 35.5. The molecule has 0 atom stereocenters. The number of aryl methyl sites for hydroxylation is 1. The third kappa shape index (κ3) is 4.99. The van der Waals surface area contributed by atoms with Crippen molar-refractivity contribution in [3.8, 4) is 17.2 Å². The third-order valence-electron chi connectivity index (χ3n) is 5.48. The zero-order chi connectivity index (χ0) is 23.4. The lowest BCUT2D eigenvalue weighted by Gasteiger charge is -2.13. The molecule has 172 valence electrons. The Bertz CT molecular complexity index is 1180. The number of nitrogens with zero attached hydrogens (tertiary/aromatic N) is 1. The van der Waals surface area contributed by atoms with Crippen LogP contribution >= 0.6 is 22.9 Å². The van der Waals surface area contributed by atoms with Crippen LogP contribution in [0.3, 0.4) is 0 Å². The summed E-state index contributed by atoms with van der Waals surface area (Å²) in [4.78, 5) is 19.3. The largest absolute Gasteiger partial charge is 0.493 e. The molecule has 1 heterocycles. The van der Waals surface area contributed by atoms with Gasteiger partial charge in [-0.15, -0.1) is 11.3 Å². The Hall–Kier alpha value is -3.03. The molecule has 0 radical (unpaired) electrons. The summed E-state index contributed by atoms with van der Waals surface area (Å²) in [5, 5.41) is 4.24. The molecule has 0 bridgehead atoms. The Kier molecular flexibility index (Phi) is 7.20. The number of nitrogens with one attached hydrogen (secondary N) is 1. The SMILES string of the molecule is COc1cc(/C=N/c2sc3c(c2C(=O)Nc2cccc(Cl)c2)CCCC3)cc(OC)c1OC. The lowest BCUT2D eigenvalue weighted by molar-refractivity contribution is 0.102. The molecule has 1 amide bonds. The Balaban J connectivity index is 1.70. The second-order valence-corrected chi connectivity index (χ2v) is 9.09. The van der Waals surface area contributed by atoms with Crippen molar-refractivity contribution < 1.29 is 19.0 Å². The summed E-state index contributed by atoms with van der Waals surface area (Å²) in [5.74, 6) is 1.43. The number of amides is 1. The van der Waals surface area contributed by atoms with Crippen molar-refractivity contribution in [2.45, 2.75) is 25.7 Å². The molecule has 0 spiro atoms. The van der Waals surface area contributed by atoms with E-state index in [1.165, 1.54) is 4.88 Å². The van der Waals surface area contributed by atoms with Crippen molar-refractivity contribution in [3.63, 3.8) is 0 Å². The Labute approximate surface area is 202 Å². The van der Waals surface area contributed by atoms with Gasteiger partial charge < -0.3 is 19.5 Å². The summed E-state index contributed by atoms with van der Waals surface area (Å²) in [5.41, 5.74) is 3.17. The van der Waals surface area contributed by atoms with Gasteiger partial charge in [0.05, 0.1) is 26.9 Å². The molecule has 0 aliphatic heterocycles. The molecule has 1 aliphatic carbocycles. The van der Waals surface area contributed by atoms with Crippen molar-refractivity contribution in [1.29, 1.82) is 0 Å². The number of rotatable bonds is 7. The summed E-state index contributed by atoms with van der Waals surface area (Å²) in [6.45, 7) is 0. The predicted octanol–water partition coefficient (Wildman–Crippen LogP) is 6.31. The van der Waals surface area contributed by atoms with Gasteiger partial charge in [-0.1, -0.05) is 17.7 Å². The van der Waals surface area contributed by atoms with E-state index in [2.05, 4.69) is 5.32 Å². The van der Waals surface area contributed by atoms with Crippen LogP contribution in [0, 0.1) is 0 Å². The Morgan fingerprint density at radius 2 is 1.79 bits per heavy atom. The lowest BCUT2D eigenvalue weighted by Crippen LogP contribution is -2.14. The highest BCUT2D eigenvalue weighted by Crippen LogP contribution is 2.41. The summed E-state index contributed by atoms with van der Waals surface area (Å²) >= 11 is 7.67. The van der Waals surface area contributed by atoms with Gasteiger partial charge in [0.25, 0.3) is 5.91 Å². The maximum atomic E-state index is 13.3. The van der Waals surface area contributed by atoms with Crippen LogP contribution in [0.4, 0.5) is 10.7 Å². The minimum atomic E-state index is -0.172. The van der Waals surface area contributed by atoms with E-state index in [0.29, 0.717) is 38.5 Å². The maximum Gasteiger partial charge on any atom is 0.259 e. The zero-order valence-electron chi connectivity index (χ0n) is 18.7. The second-order valence-electron chi connectivity index (χ2n) is 7.57. The van der Waals surface area contributed by atoms with E-state index in [1.807, 2.05) is 24.3 Å². The van der Waals surface area contributed by atoms with Gasteiger partial charge in [-0.25, -0.2) is 4.99 Å². The van der Waals surface area contributed by atoms with E-state index in [1.54, 1.807) is 51.0 Å². The number of anilines is 1. The molecule has 0 saturated heterocycles. The number of thiophene rings is 1. The van der Waals surface area contributed by atoms with Gasteiger partial charge in [-0.05, 0) is 61.6 Å². The van der Waals surface area contributed by atoms with Gasteiger partial charge >= 0.3 is 0 Å². The fraction of sp³-hybridized carbons (Fsp3) is 0.280. The molecular weight excluding hydrogens is 460 g/mol. The van der Waals surface area contributed by atoms with Crippen molar-refractivity contribution >= 4 is 45.7 Å². The highest BCUT2D eigenvalue weighted by Gasteiger charge is 2.25. The number of fused-ring (bicyclic) bond motifs is 1. The van der Waals surface area contributed by atoms with E-state index >= 15 is 0 Å². The number of carbonyl (C=O) groups excluding carboxylic acids is 1. The summed E-state index contributed by atoms with van der Waals surface area (Å²) < 4.78 is 16.3. The van der Waals surface area contributed by atoms with Crippen LogP contribution < -0.4 is 19.5 Å². The summed E-state index contributed by atoms with van der Waals surface area (Å²) in [6.07, 6.45) is 5.76. The normalized spacial score (nSPS) is 13.0. The molecule has 33 heavy (non-hydrogen) atoms. The standard InChI is InChI=1S/C25H25ClN2O4S/c1-30-19-11-15(12-20(31-2)23(19)32-3)14-27-25-22(18-9-4-5-10-21(18)33-25)24(29)28-17-8-6-7-16(26)13-17/h6-8,11-14H,4-5,9-10H2,1-3H3,(H,28,29)/b27-14+. The minimum absolute atomic E-state index is 0.172. The van der Waals surface area contributed by atoms with Crippen LogP contribution in [0.1, 0.15) is 39.2 Å². The van der Waals surface area contributed by atoms with Crippen LogP contribution in [0.15, 0.2) is 41.4 Å². The second kappa shape index (κ2) is 10.3. The molecule has 0 saturated carbocycles. The van der Waals surface area contributed by atoms with Crippen molar-refractivity contribution in [2.75, 3.05) is 26.6 Å². The fourth-order valence-electron chi connectivity index (χ4n) is 3.95. The zero-order valence-corrected chi connectivity index (χ0v) is 20.3. The molecule has 3 aromatic rings. The van der Waals surface area contributed by atoms with Crippen LogP contribution in [0.2, 0.25) is 5.02 Å². The first-order valence-electron chi connectivity index (χ1n) is 10.6. The van der Waals surface area contributed by atoms with E-state index in [9.17, 15) is 4.79 Å². The van der Waals surface area contributed by atoms with Gasteiger partial charge in [-0.3, -0.25) is 4.79 Å².